The highest BCUT2D eigenvalue weighted by atomic mass is 32.1. The van der Waals surface area contributed by atoms with Gasteiger partial charge in [-0.15, -0.1) is 11.3 Å². The lowest BCUT2D eigenvalue weighted by molar-refractivity contribution is 0.378. The zero-order chi connectivity index (χ0) is 15.4. The molecular formula is C18H21NO2S. The molecule has 1 heterocycles. The van der Waals surface area contributed by atoms with Crippen molar-refractivity contribution in [1.82, 2.24) is 4.98 Å². The van der Waals surface area contributed by atoms with Crippen LogP contribution in [0, 0.1) is 0 Å². The average molecular weight is 315 g/mol. The molecule has 1 aromatic carbocycles. The van der Waals surface area contributed by atoms with Crippen molar-refractivity contribution in [3.05, 3.63) is 39.8 Å². The van der Waals surface area contributed by atoms with Crippen molar-refractivity contribution in [1.29, 1.82) is 0 Å². The Bertz CT molecular complexity index is 618. The second kappa shape index (κ2) is 6.97. The van der Waals surface area contributed by atoms with Gasteiger partial charge in [0.1, 0.15) is 11.5 Å². The lowest BCUT2D eigenvalue weighted by Gasteiger charge is -2.19. The molecule has 3 rings (SSSR count). The minimum Gasteiger partial charge on any atom is -0.496 e. The first-order valence-corrected chi connectivity index (χ1v) is 8.58. The molecule has 1 aromatic heterocycles. The summed E-state index contributed by atoms with van der Waals surface area (Å²) in [5.74, 6) is 2.43. The Morgan fingerprint density at radius 1 is 1.09 bits per heavy atom. The molecular weight excluding hydrogens is 294 g/mol. The number of hydrogen-bond donors (Lipinski definition) is 0. The third-order valence-electron chi connectivity index (χ3n) is 4.23. The molecule has 0 bridgehead atoms. The number of methoxy groups -OCH3 is 2. The maximum absolute atomic E-state index is 5.65. The van der Waals surface area contributed by atoms with Gasteiger partial charge in [0, 0.05) is 10.9 Å². The largest absolute Gasteiger partial charge is 0.496 e. The Morgan fingerprint density at radius 2 is 1.77 bits per heavy atom. The molecule has 3 nitrogen and oxygen atoms in total. The summed E-state index contributed by atoms with van der Waals surface area (Å²) in [6.07, 6.45) is 9.10. The van der Waals surface area contributed by atoms with Gasteiger partial charge < -0.3 is 9.47 Å². The summed E-state index contributed by atoms with van der Waals surface area (Å²) in [5.41, 5.74) is 5.11. The van der Waals surface area contributed by atoms with Crippen molar-refractivity contribution in [3.8, 4) is 11.5 Å². The van der Waals surface area contributed by atoms with Crippen molar-refractivity contribution in [2.75, 3.05) is 14.2 Å². The fourth-order valence-electron chi connectivity index (χ4n) is 3.16. The summed E-state index contributed by atoms with van der Waals surface area (Å²) in [4.78, 5) is 4.27. The second-order valence-corrected chi connectivity index (χ2v) is 6.29. The van der Waals surface area contributed by atoms with E-state index in [1.54, 1.807) is 25.6 Å². The maximum Gasteiger partial charge on any atom is 0.126 e. The third kappa shape index (κ3) is 3.17. The van der Waals surface area contributed by atoms with E-state index < -0.39 is 0 Å². The Morgan fingerprint density at radius 3 is 2.32 bits per heavy atom. The molecule has 22 heavy (non-hydrogen) atoms. The molecule has 1 saturated carbocycles. The van der Waals surface area contributed by atoms with Crippen molar-refractivity contribution < 1.29 is 9.47 Å². The predicted octanol–water partition coefficient (Wildman–Crippen LogP) is 4.99. The van der Waals surface area contributed by atoms with Crippen LogP contribution < -0.4 is 9.47 Å². The zero-order valence-electron chi connectivity index (χ0n) is 13.0. The van der Waals surface area contributed by atoms with E-state index in [0.29, 0.717) is 5.92 Å². The number of rotatable bonds is 5. The Hall–Kier alpha value is -1.81. The summed E-state index contributed by atoms with van der Waals surface area (Å²) in [6.45, 7) is 0. The summed E-state index contributed by atoms with van der Waals surface area (Å²) in [7, 11) is 3.47. The van der Waals surface area contributed by atoms with Gasteiger partial charge >= 0.3 is 0 Å². The maximum atomic E-state index is 5.65. The van der Waals surface area contributed by atoms with E-state index in [1.807, 2.05) is 17.0 Å². The summed E-state index contributed by atoms with van der Waals surface area (Å²) < 4.78 is 11.3. The van der Waals surface area contributed by atoms with E-state index in [4.69, 9.17) is 9.47 Å². The molecule has 0 unspecified atom stereocenters. The van der Waals surface area contributed by atoms with Crippen LogP contribution in [0.25, 0.3) is 12.2 Å². The first kappa shape index (κ1) is 15.1. The standard InChI is InChI=1S/C18H21NO2S/c1-20-16-9-13(7-8-15-11-22-12-19-15)10-17(21-2)18(16)14-5-3-4-6-14/h7-12,14H,3-6H2,1-2H3. The zero-order valence-corrected chi connectivity index (χ0v) is 13.9. The number of nitrogens with zero attached hydrogens (tertiary/aromatic N) is 1. The molecule has 1 aliphatic rings. The van der Waals surface area contributed by atoms with Gasteiger partial charge in [-0.1, -0.05) is 18.9 Å². The fraction of sp³-hybridized carbons (Fsp3) is 0.389. The van der Waals surface area contributed by atoms with Crippen LogP contribution in [0.1, 0.15) is 48.4 Å². The minimum atomic E-state index is 0.557. The van der Waals surface area contributed by atoms with Crippen molar-refractivity contribution >= 4 is 23.5 Å². The van der Waals surface area contributed by atoms with E-state index in [1.165, 1.54) is 31.2 Å². The van der Waals surface area contributed by atoms with Crippen LogP contribution in [-0.4, -0.2) is 19.2 Å². The molecule has 0 aliphatic heterocycles. The molecule has 4 heteroatoms. The first-order chi connectivity index (χ1) is 10.8. The fourth-order valence-corrected chi connectivity index (χ4v) is 3.68. The Labute approximate surface area is 135 Å². The van der Waals surface area contributed by atoms with Crippen molar-refractivity contribution in [3.63, 3.8) is 0 Å². The SMILES string of the molecule is COc1cc(C=Cc2cscn2)cc(OC)c1C1CCCC1. The molecule has 2 aromatic rings. The average Bonchev–Trinajstić information content (AvgIpc) is 3.25. The molecule has 0 N–H and O–H groups in total. The number of thiazole rings is 1. The normalized spacial score (nSPS) is 15.5. The molecule has 0 saturated heterocycles. The Kier molecular flexibility index (Phi) is 4.78. The smallest absolute Gasteiger partial charge is 0.126 e. The van der Waals surface area contributed by atoms with Crippen LogP contribution in [0.3, 0.4) is 0 Å². The van der Waals surface area contributed by atoms with Crippen LogP contribution >= 0.6 is 11.3 Å². The van der Waals surface area contributed by atoms with Crippen LogP contribution in [0.2, 0.25) is 0 Å². The molecule has 1 fully saturated rings. The molecule has 116 valence electrons. The van der Waals surface area contributed by atoms with Crippen LogP contribution in [0.15, 0.2) is 23.0 Å². The van der Waals surface area contributed by atoms with Gasteiger partial charge in [-0.05, 0) is 42.5 Å². The third-order valence-corrected chi connectivity index (χ3v) is 4.83. The Balaban J connectivity index is 1.95. The van der Waals surface area contributed by atoms with Crippen molar-refractivity contribution in [2.24, 2.45) is 0 Å². The van der Waals surface area contributed by atoms with E-state index in [-0.39, 0.29) is 0 Å². The van der Waals surface area contributed by atoms with Gasteiger partial charge in [0.15, 0.2) is 0 Å². The highest BCUT2D eigenvalue weighted by Crippen LogP contribution is 2.44. The van der Waals surface area contributed by atoms with E-state index >= 15 is 0 Å². The molecule has 0 spiro atoms. The van der Waals surface area contributed by atoms with E-state index in [0.717, 1.165) is 22.8 Å². The van der Waals surface area contributed by atoms with Gasteiger partial charge in [-0.2, -0.15) is 0 Å². The molecule has 0 amide bonds. The minimum absolute atomic E-state index is 0.557. The quantitative estimate of drug-likeness (QED) is 0.779. The lowest BCUT2D eigenvalue weighted by atomic mass is 9.94. The lowest BCUT2D eigenvalue weighted by Crippen LogP contribution is -2.01. The van der Waals surface area contributed by atoms with Crippen LogP contribution in [-0.2, 0) is 0 Å². The van der Waals surface area contributed by atoms with Gasteiger partial charge in [0.2, 0.25) is 0 Å². The molecule has 1 aliphatic carbocycles. The summed E-state index contributed by atoms with van der Waals surface area (Å²) >= 11 is 1.60. The van der Waals surface area contributed by atoms with Gasteiger partial charge in [0.25, 0.3) is 0 Å². The number of ether oxygens (including phenoxy) is 2. The summed E-state index contributed by atoms with van der Waals surface area (Å²) in [5, 5.41) is 2.03. The number of benzene rings is 1. The topological polar surface area (TPSA) is 31.4 Å². The van der Waals surface area contributed by atoms with Gasteiger partial charge in [0.05, 0.1) is 25.4 Å². The van der Waals surface area contributed by atoms with Crippen LogP contribution in [0.5, 0.6) is 11.5 Å². The van der Waals surface area contributed by atoms with Gasteiger partial charge in [-0.3, -0.25) is 0 Å². The first-order valence-electron chi connectivity index (χ1n) is 7.64. The second-order valence-electron chi connectivity index (χ2n) is 5.57. The predicted molar refractivity (Wildman–Crippen MR) is 91.8 cm³/mol. The summed E-state index contributed by atoms with van der Waals surface area (Å²) in [6, 6.07) is 4.19. The van der Waals surface area contributed by atoms with E-state index in [9.17, 15) is 0 Å². The monoisotopic (exact) mass is 315 g/mol. The molecule has 0 atom stereocenters. The van der Waals surface area contributed by atoms with Crippen LogP contribution in [0.4, 0.5) is 0 Å². The van der Waals surface area contributed by atoms with E-state index in [2.05, 4.69) is 23.2 Å². The highest BCUT2D eigenvalue weighted by molar-refractivity contribution is 7.07. The highest BCUT2D eigenvalue weighted by Gasteiger charge is 2.24. The van der Waals surface area contributed by atoms with Gasteiger partial charge in [-0.25, -0.2) is 4.98 Å². The molecule has 0 radical (unpaired) electrons. The van der Waals surface area contributed by atoms with Crippen molar-refractivity contribution in [2.45, 2.75) is 31.6 Å². The number of hydrogen-bond acceptors (Lipinski definition) is 4. The number of aromatic nitrogens is 1.